The van der Waals surface area contributed by atoms with Crippen LogP contribution in [0.15, 0.2) is 41.3 Å². The molecule has 0 saturated carbocycles. The van der Waals surface area contributed by atoms with E-state index in [4.69, 9.17) is 16.6 Å². The number of thiazole rings is 1. The van der Waals surface area contributed by atoms with Crippen LogP contribution in [-0.2, 0) is 10.0 Å². The maximum Gasteiger partial charge on any atom is 0.238 e. The molecule has 12 heteroatoms. The van der Waals surface area contributed by atoms with E-state index >= 15 is 0 Å². The zero-order valence-corrected chi connectivity index (χ0v) is 15.6. The quantitative estimate of drug-likeness (QED) is 0.361. The highest BCUT2D eigenvalue weighted by atomic mass is 32.2. The van der Waals surface area contributed by atoms with E-state index in [1.807, 2.05) is 0 Å². The summed E-state index contributed by atoms with van der Waals surface area (Å²) in [6, 6.07) is 7.08. The van der Waals surface area contributed by atoms with Crippen molar-refractivity contribution in [3.05, 3.63) is 58.5 Å². The summed E-state index contributed by atoms with van der Waals surface area (Å²) < 4.78 is 50.5. The SMILES string of the molecule is Nc1cc(F)c(C(=O)c2sc(Nc3ccc(S(N)(=O)=O)cc3)nc2N)c(F)c1. The fourth-order valence-electron chi connectivity index (χ4n) is 2.32. The number of benzene rings is 2. The number of hydrogen-bond donors (Lipinski definition) is 4. The summed E-state index contributed by atoms with van der Waals surface area (Å²) >= 11 is 0.784. The first kappa shape index (κ1) is 19.7. The Bertz CT molecular complexity index is 1150. The van der Waals surface area contributed by atoms with Gasteiger partial charge in [0.05, 0.1) is 10.5 Å². The fraction of sp³-hybridized carbons (Fsp3) is 0. The molecule has 146 valence electrons. The fourth-order valence-corrected chi connectivity index (χ4v) is 3.69. The molecule has 0 bridgehead atoms. The first-order valence-electron chi connectivity index (χ1n) is 7.51. The summed E-state index contributed by atoms with van der Waals surface area (Å²) in [6.45, 7) is 0. The van der Waals surface area contributed by atoms with Crippen LogP contribution in [0.5, 0.6) is 0 Å². The highest BCUT2D eigenvalue weighted by Gasteiger charge is 2.25. The van der Waals surface area contributed by atoms with Gasteiger partial charge in [0.2, 0.25) is 15.8 Å². The molecule has 0 radical (unpaired) electrons. The average Bonchev–Trinajstić information content (AvgIpc) is 2.93. The van der Waals surface area contributed by atoms with E-state index in [-0.39, 0.29) is 26.4 Å². The minimum atomic E-state index is -3.83. The van der Waals surface area contributed by atoms with E-state index in [0.29, 0.717) is 5.69 Å². The molecule has 0 atom stereocenters. The number of anilines is 4. The second-order valence-corrected chi connectivity index (χ2v) is 8.18. The molecule has 0 saturated heterocycles. The Labute approximate surface area is 162 Å². The number of sulfonamides is 1. The van der Waals surface area contributed by atoms with Gasteiger partial charge in [-0.1, -0.05) is 11.3 Å². The van der Waals surface area contributed by atoms with Crippen molar-refractivity contribution in [2.45, 2.75) is 4.90 Å². The first-order chi connectivity index (χ1) is 13.1. The van der Waals surface area contributed by atoms with Gasteiger partial charge >= 0.3 is 0 Å². The highest BCUT2D eigenvalue weighted by molar-refractivity contribution is 7.89. The summed E-state index contributed by atoms with van der Waals surface area (Å²) in [5.74, 6) is -3.40. The monoisotopic (exact) mass is 425 g/mol. The first-order valence-corrected chi connectivity index (χ1v) is 9.88. The molecular formula is C16H13F2N5O3S2. The lowest BCUT2D eigenvalue weighted by Crippen LogP contribution is -2.11. The van der Waals surface area contributed by atoms with Crippen molar-refractivity contribution in [3.8, 4) is 0 Å². The number of nitrogens with one attached hydrogen (secondary N) is 1. The number of carbonyl (C=O) groups excluding carboxylic acids is 1. The van der Waals surface area contributed by atoms with Crippen LogP contribution in [0.25, 0.3) is 0 Å². The van der Waals surface area contributed by atoms with Crippen LogP contribution < -0.4 is 21.9 Å². The number of primary sulfonamides is 1. The van der Waals surface area contributed by atoms with Crippen LogP contribution in [-0.4, -0.2) is 19.2 Å². The van der Waals surface area contributed by atoms with Crippen molar-refractivity contribution in [1.29, 1.82) is 0 Å². The second-order valence-electron chi connectivity index (χ2n) is 5.62. The summed E-state index contributed by atoms with van der Waals surface area (Å²) in [6.07, 6.45) is 0. The normalized spacial score (nSPS) is 11.4. The number of carbonyl (C=O) groups is 1. The molecule has 0 aliphatic carbocycles. The Morgan fingerprint density at radius 2 is 1.64 bits per heavy atom. The highest BCUT2D eigenvalue weighted by Crippen LogP contribution is 2.31. The molecule has 0 spiro atoms. The average molecular weight is 425 g/mol. The van der Waals surface area contributed by atoms with Crippen LogP contribution in [0, 0.1) is 11.6 Å². The minimum Gasteiger partial charge on any atom is -0.399 e. The Hall–Kier alpha value is -3.09. The third-order valence-electron chi connectivity index (χ3n) is 3.59. The van der Waals surface area contributed by atoms with Gasteiger partial charge in [0, 0.05) is 11.4 Å². The van der Waals surface area contributed by atoms with Gasteiger partial charge in [0.25, 0.3) is 0 Å². The van der Waals surface area contributed by atoms with E-state index in [2.05, 4.69) is 10.3 Å². The molecule has 0 amide bonds. The van der Waals surface area contributed by atoms with E-state index in [9.17, 15) is 22.0 Å². The number of rotatable bonds is 5. The number of hydrogen-bond acceptors (Lipinski definition) is 8. The third-order valence-corrected chi connectivity index (χ3v) is 5.50. The smallest absolute Gasteiger partial charge is 0.238 e. The van der Waals surface area contributed by atoms with Crippen molar-refractivity contribution in [1.82, 2.24) is 4.98 Å². The molecule has 3 aromatic rings. The molecule has 0 unspecified atom stereocenters. The maximum atomic E-state index is 14.0. The van der Waals surface area contributed by atoms with Gasteiger partial charge in [-0.05, 0) is 36.4 Å². The third kappa shape index (κ3) is 3.93. The molecular weight excluding hydrogens is 412 g/mol. The van der Waals surface area contributed by atoms with Crippen LogP contribution in [0.2, 0.25) is 0 Å². The number of nitrogen functional groups attached to an aromatic ring is 2. The molecule has 0 aliphatic heterocycles. The van der Waals surface area contributed by atoms with Gasteiger partial charge in [-0.3, -0.25) is 4.79 Å². The summed E-state index contributed by atoms with van der Waals surface area (Å²) in [7, 11) is -3.83. The standard InChI is InChI=1S/C16H13F2N5O3S2/c17-10-5-7(19)6-11(18)12(10)13(24)14-15(20)23-16(27-14)22-8-1-3-9(4-2-8)28(21,25)26/h1-6H,19-20H2,(H,22,23)(H2,21,25,26). The molecule has 2 aromatic carbocycles. The van der Waals surface area contributed by atoms with Gasteiger partial charge in [-0.25, -0.2) is 27.3 Å². The zero-order chi connectivity index (χ0) is 20.6. The minimum absolute atomic E-state index is 0.0816. The van der Waals surface area contributed by atoms with Crippen molar-refractivity contribution < 1.29 is 22.0 Å². The van der Waals surface area contributed by atoms with Crippen molar-refractivity contribution in [2.24, 2.45) is 5.14 Å². The lowest BCUT2D eigenvalue weighted by Gasteiger charge is -2.04. The molecule has 1 heterocycles. The Morgan fingerprint density at radius 1 is 1.07 bits per heavy atom. The topological polar surface area (TPSA) is 154 Å². The molecule has 28 heavy (non-hydrogen) atoms. The lowest BCUT2D eigenvalue weighted by atomic mass is 10.1. The zero-order valence-electron chi connectivity index (χ0n) is 13.9. The van der Waals surface area contributed by atoms with Crippen LogP contribution >= 0.6 is 11.3 Å². The van der Waals surface area contributed by atoms with E-state index in [1.54, 1.807) is 0 Å². The Balaban J connectivity index is 1.89. The maximum absolute atomic E-state index is 14.0. The van der Waals surface area contributed by atoms with E-state index in [0.717, 1.165) is 23.5 Å². The Morgan fingerprint density at radius 3 is 2.18 bits per heavy atom. The summed E-state index contributed by atoms with van der Waals surface area (Å²) in [4.78, 5) is 16.2. The molecule has 3 rings (SSSR count). The predicted molar refractivity (Wildman–Crippen MR) is 102 cm³/mol. The van der Waals surface area contributed by atoms with Crippen molar-refractivity contribution >= 4 is 49.5 Å². The van der Waals surface area contributed by atoms with Gasteiger partial charge < -0.3 is 16.8 Å². The second kappa shape index (κ2) is 7.14. The summed E-state index contributed by atoms with van der Waals surface area (Å²) in [5.41, 5.74) is 10.6. The predicted octanol–water partition coefficient (Wildman–Crippen LogP) is 2.21. The van der Waals surface area contributed by atoms with Gasteiger partial charge in [-0.15, -0.1) is 0 Å². The molecule has 0 fully saturated rings. The summed E-state index contributed by atoms with van der Waals surface area (Å²) in [5, 5.41) is 8.01. The molecule has 8 nitrogen and oxygen atoms in total. The lowest BCUT2D eigenvalue weighted by molar-refractivity contribution is 0.103. The van der Waals surface area contributed by atoms with Crippen LogP contribution in [0.1, 0.15) is 15.2 Å². The van der Waals surface area contributed by atoms with Gasteiger partial charge in [-0.2, -0.15) is 0 Å². The number of nitrogens with zero attached hydrogens (tertiary/aromatic N) is 1. The van der Waals surface area contributed by atoms with Gasteiger partial charge in [0.1, 0.15) is 22.3 Å². The molecule has 1 aromatic heterocycles. The largest absolute Gasteiger partial charge is 0.399 e. The number of ketones is 1. The molecule has 7 N–H and O–H groups in total. The van der Waals surface area contributed by atoms with E-state index < -0.39 is 33.0 Å². The van der Waals surface area contributed by atoms with E-state index in [1.165, 1.54) is 24.3 Å². The number of aromatic nitrogens is 1. The van der Waals surface area contributed by atoms with Crippen LogP contribution in [0.4, 0.5) is 31.1 Å². The van der Waals surface area contributed by atoms with Crippen LogP contribution in [0.3, 0.4) is 0 Å². The Kier molecular flexibility index (Phi) is 5.02. The molecule has 0 aliphatic rings. The van der Waals surface area contributed by atoms with Gasteiger partial charge in [0.15, 0.2) is 5.13 Å². The number of nitrogens with two attached hydrogens (primary N) is 3. The number of halogens is 2. The van der Waals surface area contributed by atoms with Crippen molar-refractivity contribution in [3.63, 3.8) is 0 Å². The van der Waals surface area contributed by atoms with Crippen molar-refractivity contribution in [2.75, 3.05) is 16.8 Å².